The minimum absolute atomic E-state index is 0.0607. The topological polar surface area (TPSA) is 90.8 Å². The summed E-state index contributed by atoms with van der Waals surface area (Å²) in [6.07, 6.45) is 0. The van der Waals surface area contributed by atoms with Crippen LogP contribution >= 0.6 is 38.5 Å². The van der Waals surface area contributed by atoms with E-state index in [9.17, 15) is 10.1 Å². The van der Waals surface area contributed by atoms with Gasteiger partial charge in [0.25, 0.3) is 5.69 Å². The predicted octanol–water partition coefficient (Wildman–Crippen LogP) is 3.38. The monoisotopic (exact) mass is 393 g/mol. The zero-order valence-electron chi connectivity index (χ0n) is 7.78. The minimum atomic E-state index is -0.880. The molecule has 1 aromatic carbocycles. The van der Waals surface area contributed by atoms with Crippen molar-refractivity contribution < 1.29 is 4.92 Å². The van der Waals surface area contributed by atoms with Gasteiger partial charge in [-0.25, -0.2) is 0 Å². The number of nitriles is 1. The van der Waals surface area contributed by atoms with Gasteiger partial charge in [-0.05, 0) is 34.7 Å². The Bertz CT molecular complexity index is 498. The lowest BCUT2D eigenvalue weighted by Gasteiger charge is -2.07. The van der Waals surface area contributed by atoms with Crippen molar-refractivity contribution in [2.24, 2.45) is 0 Å². The van der Waals surface area contributed by atoms with Gasteiger partial charge in [0.1, 0.15) is 5.92 Å². The van der Waals surface area contributed by atoms with Crippen molar-refractivity contribution in [1.82, 2.24) is 0 Å². The Morgan fingerprint density at radius 3 is 2.75 bits per heavy atom. The summed E-state index contributed by atoms with van der Waals surface area (Å²) in [6.45, 7) is 0. The Morgan fingerprint density at radius 2 is 2.31 bits per heavy atom. The molecule has 1 rings (SSSR count). The number of nitrogens with zero attached hydrogens (tertiary/aromatic N) is 2. The average Bonchev–Trinajstić information content (AvgIpc) is 2.20. The highest BCUT2D eigenvalue weighted by atomic mass is 127. The first-order chi connectivity index (χ1) is 7.47. The van der Waals surface area contributed by atoms with Crippen molar-refractivity contribution >= 4 is 47.9 Å². The third-order valence-corrected chi connectivity index (χ3v) is 3.00. The van der Waals surface area contributed by atoms with Gasteiger partial charge in [-0.2, -0.15) is 5.26 Å². The van der Waals surface area contributed by atoms with Gasteiger partial charge >= 0.3 is 0 Å². The molecule has 1 N–H and O–H groups in total. The van der Waals surface area contributed by atoms with Gasteiger partial charge in [-0.3, -0.25) is 15.5 Å². The second-order valence-corrected chi connectivity index (χ2v) is 4.95. The second kappa shape index (κ2) is 5.36. The molecule has 0 radical (unpaired) electrons. The fourth-order valence-corrected chi connectivity index (χ4v) is 2.01. The van der Waals surface area contributed by atoms with Crippen LogP contribution in [0.1, 0.15) is 11.5 Å². The van der Waals surface area contributed by atoms with E-state index >= 15 is 0 Å². The highest BCUT2D eigenvalue weighted by Gasteiger charge is 2.24. The molecular formula is C9H5BrIN3O2. The zero-order valence-corrected chi connectivity index (χ0v) is 11.5. The number of nitrogens with one attached hydrogen (secondary N) is 1. The van der Waals surface area contributed by atoms with Crippen LogP contribution in [0.4, 0.5) is 5.69 Å². The maximum absolute atomic E-state index is 10.8. The van der Waals surface area contributed by atoms with Crippen LogP contribution in [0.5, 0.6) is 0 Å². The zero-order chi connectivity index (χ0) is 12.3. The summed E-state index contributed by atoms with van der Waals surface area (Å²) in [4.78, 5) is 10.3. The summed E-state index contributed by atoms with van der Waals surface area (Å²) in [7, 11) is 0. The van der Waals surface area contributed by atoms with E-state index in [0.29, 0.717) is 4.47 Å². The largest absolute Gasteiger partial charge is 0.297 e. The first-order valence-electron chi connectivity index (χ1n) is 4.04. The molecule has 1 unspecified atom stereocenters. The van der Waals surface area contributed by atoms with Crippen molar-refractivity contribution in [3.8, 4) is 6.07 Å². The molecule has 0 aliphatic rings. The minimum Gasteiger partial charge on any atom is -0.297 e. The number of nitro benzene ring substituents is 1. The molecule has 0 spiro atoms. The van der Waals surface area contributed by atoms with Crippen LogP contribution in [0, 0.1) is 26.9 Å². The molecule has 0 amide bonds. The molecule has 5 nitrogen and oxygen atoms in total. The summed E-state index contributed by atoms with van der Waals surface area (Å²) in [6, 6.07) is 6.32. The number of nitro groups is 1. The van der Waals surface area contributed by atoms with E-state index in [2.05, 4.69) is 15.9 Å². The van der Waals surface area contributed by atoms with Gasteiger partial charge in [0.2, 0.25) is 0 Å². The molecule has 7 heteroatoms. The molecule has 0 saturated carbocycles. The lowest BCUT2D eigenvalue weighted by molar-refractivity contribution is -0.385. The first-order valence-corrected chi connectivity index (χ1v) is 5.92. The normalized spacial score (nSPS) is 11.6. The Kier molecular flexibility index (Phi) is 4.37. The van der Waals surface area contributed by atoms with Gasteiger partial charge in [0.05, 0.1) is 20.3 Å². The van der Waals surface area contributed by atoms with E-state index < -0.39 is 10.8 Å². The van der Waals surface area contributed by atoms with E-state index in [4.69, 9.17) is 10.7 Å². The highest BCUT2D eigenvalue weighted by Crippen LogP contribution is 2.31. The van der Waals surface area contributed by atoms with Gasteiger partial charge in [0, 0.05) is 10.5 Å². The summed E-state index contributed by atoms with van der Waals surface area (Å²) < 4.78 is 0.630. The number of halogens is 2. The lowest BCUT2D eigenvalue weighted by Crippen LogP contribution is -2.06. The summed E-state index contributed by atoms with van der Waals surface area (Å²) >= 11 is 4.81. The molecule has 0 fully saturated rings. The maximum Gasteiger partial charge on any atom is 0.275 e. The van der Waals surface area contributed by atoms with Crippen LogP contribution in [0.2, 0.25) is 0 Å². The van der Waals surface area contributed by atoms with Crippen molar-refractivity contribution in [3.05, 3.63) is 38.3 Å². The number of benzene rings is 1. The number of hydrogen-bond donors (Lipinski definition) is 1. The Labute approximate surface area is 113 Å². The first kappa shape index (κ1) is 13.1. The third-order valence-electron chi connectivity index (χ3n) is 1.88. The second-order valence-electron chi connectivity index (χ2n) is 2.87. The van der Waals surface area contributed by atoms with E-state index in [1.165, 1.54) is 12.1 Å². The molecule has 0 aliphatic heterocycles. The molecule has 0 saturated heterocycles. The summed E-state index contributed by atoms with van der Waals surface area (Å²) in [5, 5.41) is 27.1. The summed E-state index contributed by atoms with van der Waals surface area (Å²) in [5.74, 6) is -0.880. The van der Waals surface area contributed by atoms with Crippen LogP contribution < -0.4 is 0 Å². The smallest absolute Gasteiger partial charge is 0.275 e. The molecule has 0 heterocycles. The average molecular weight is 394 g/mol. The van der Waals surface area contributed by atoms with E-state index in [0.717, 1.165) is 0 Å². The molecular weight excluding hydrogens is 389 g/mol. The highest BCUT2D eigenvalue weighted by molar-refractivity contribution is 14.1. The fraction of sp³-hybridized carbons (Fsp3) is 0.111. The van der Waals surface area contributed by atoms with Crippen molar-refractivity contribution in [2.75, 3.05) is 0 Å². The van der Waals surface area contributed by atoms with Crippen LogP contribution in [0.25, 0.3) is 0 Å². The maximum atomic E-state index is 10.8. The standard InChI is InChI=1S/C9H5BrIN3O2/c10-5-1-2-6(7(4-12)9(11)13)8(3-5)14(15)16/h1-3,7,13H. The Hall–Kier alpha value is -1.01. The summed E-state index contributed by atoms with van der Waals surface area (Å²) in [5.41, 5.74) is 0.0949. The van der Waals surface area contributed by atoms with Crippen molar-refractivity contribution in [1.29, 1.82) is 10.7 Å². The lowest BCUT2D eigenvalue weighted by atomic mass is 10.0. The molecule has 82 valence electrons. The molecule has 0 aliphatic carbocycles. The number of hydrogen-bond acceptors (Lipinski definition) is 4. The predicted molar refractivity (Wildman–Crippen MR) is 70.9 cm³/mol. The molecule has 0 aromatic heterocycles. The van der Waals surface area contributed by atoms with Crippen molar-refractivity contribution in [2.45, 2.75) is 5.92 Å². The van der Waals surface area contributed by atoms with Gasteiger partial charge in [0.15, 0.2) is 0 Å². The van der Waals surface area contributed by atoms with Crippen LogP contribution in [-0.4, -0.2) is 8.64 Å². The quantitative estimate of drug-likeness (QED) is 0.369. The van der Waals surface area contributed by atoms with Crippen LogP contribution in [0.3, 0.4) is 0 Å². The van der Waals surface area contributed by atoms with Gasteiger partial charge in [-0.1, -0.05) is 15.9 Å². The van der Waals surface area contributed by atoms with Crippen LogP contribution in [0.15, 0.2) is 22.7 Å². The van der Waals surface area contributed by atoms with Gasteiger partial charge < -0.3 is 0 Å². The fourth-order valence-electron chi connectivity index (χ4n) is 1.18. The Morgan fingerprint density at radius 1 is 1.69 bits per heavy atom. The molecule has 0 bridgehead atoms. The molecule has 1 atom stereocenters. The SMILES string of the molecule is N#CC(C(=N)I)c1ccc(Br)cc1[N+](=O)[O-]. The molecule has 1 aromatic rings. The van der Waals surface area contributed by atoms with E-state index in [-0.39, 0.29) is 15.0 Å². The molecule has 16 heavy (non-hydrogen) atoms. The Balaban J connectivity index is 3.38. The third kappa shape index (κ3) is 2.76. The van der Waals surface area contributed by atoms with Gasteiger partial charge in [-0.15, -0.1) is 0 Å². The van der Waals surface area contributed by atoms with E-state index in [1.807, 2.05) is 6.07 Å². The number of rotatable bonds is 3. The van der Waals surface area contributed by atoms with Crippen LogP contribution in [-0.2, 0) is 0 Å². The van der Waals surface area contributed by atoms with Crippen molar-refractivity contribution in [3.63, 3.8) is 0 Å². The van der Waals surface area contributed by atoms with E-state index in [1.54, 1.807) is 28.7 Å².